The molecule has 2 N–H and O–H groups in total. The lowest BCUT2D eigenvalue weighted by atomic mass is 9.90. The fourth-order valence-electron chi connectivity index (χ4n) is 3.62. The lowest BCUT2D eigenvalue weighted by molar-refractivity contribution is -0.142. The average molecular weight is 457 g/mol. The summed E-state index contributed by atoms with van der Waals surface area (Å²) in [6.45, 7) is 11.1. The molecular formula is C23H32BN3O6. The number of aldehydes is 1. The van der Waals surface area contributed by atoms with E-state index in [0.717, 1.165) is 0 Å². The molecule has 1 amide bonds. The third kappa shape index (κ3) is 5.34. The van der Waals surface area contributed by atoms with Crippen LogP contribution in [0.3, 0.4) is 0 Å². The van der Waals surface area contributed by atoms with Crippen LogP contribution in [0, 0.1) is 5.92 Å². The molecule has 0 aliphatic carbocycles. The predicted octanol–water partition coefficient (Wildman–Crippen LogP) is 2.05. The van der Waals surface area contributed by atoms with E-state index in [4.69, 9.17) is 14.0 Å². The van der Waals surface area contributed by atoms with Crippen molar-refractivity contribution in [2.75, 3.05) is 6.54 Å². The molecule has 0 bridgehead atoms. The van der Waals surface area contributed by atoms with E-state index in [1.165, 1.54) is 6.21 Å². The highest BCUT2D eigenvalue weighted by Gasteiger charge is 2.55. The summed E-state index contributed by atoms with van der Waals surface area (Å²) in [4.78, 5) is 41.7. The summed E-state index contributed by atoms with van der Waals surface area (Å²) in [5, 5.41) is 5.67. The first-order chi connectivity index (χ1) is 15.4. The van der Waals surface area contributed by atoms with Crippen molar-refractivity contribution < 1.29 is 28.3 Å². The van der Waals surface area contributed by atoms with Gasteiger partial charge >= 0.3 is 13.3 Å². The minimum atomic E-state index is -1.19. The first-order valence-corrected chi connectivity index (χ1v) is 11.1. The van der Waals surface area contributed by atoms with Gasteiger partial charge in [0.15, 0.2) is 0 Å². The van der Waals surface area contributed by atoms with Gasteiger partial charge in [0.2, 0.25) is 5.91 Å². The molecule has 1 fully saturated rings. The maximum atomic E-state index is 12.8. The van der Waals surface area contributed by atoms with Gasteiger partial charge in [0, 0.05) is 11.8 Å². The topological polar surface area (TPSA) is 115 Å². The molecule has 2 heterocycles. The molecule has 2 atom stereocenters. The fraction of sp³-hybridized carbons (Fsp3) is 0.565. The lowest BCUT2D eigenvalue weighted by Crippen LogP contribution is -2.52. The molecule has 1 aromatic carbocycles. The molecule has 0 aromatic heterocycles. The smallest absolute Gasteiger partial charge is 0.483 e. The number of carbonyl (C=O) groups excluding carboxylic acids is 3. The quantitative estimate of drug-likeness (QED) is 0.431. The highest BCUT2D eigenvalue weighted by molar-refractivity contribution is 6.40. The van der Waals surface area contributed by atoms with Crippen LogP contribution in [0.4, 0.5) is 5.69 Å². The number of aliphatic imine (C=N–C) groups is 1. The molecular weight excluding hydrogens is 425 g/mol. The number of nitrogens with zero attached hydrogens (tertiary/aromatic N) is 1. The van der Waals surface area contributed by atoms with Gasteiger partial charge in [-0.05, 0) is 46.1 Å². The summed E-state index contributed by atoms with van der Waals surface area (Å²) in [6, 6.07) is 6.31. The molecule has 2 aliphatic rings. The van der Waals surface area contributed by atoms with Crippen molar-refractivity contribution in [2.45, 2.75) is 70.7 Å². The Bertz CT molecular complexity index is 932. The van der Waals surface area contributed by atoms with E-state index >= 15 is 0 Å². The second-order valence-electron chi connectivity index (χ2n) is 9.85. The van der Waals surface area contributed by atoms with Gasteiger partial charge in [-0.3, -0.25) is 19.9 Å². The SMILES string of the molecule is CC(C)C[C@@H](NC(=O)CNC1(C=O)C=Nc2ccccc21)C(=O)OB1OC(C)(C)C(C)(C)O1. The van der Waals surface area contributed by atoms with Crippen LogP contribution in [-0.4, -0.2) is 55.5 Å². The highest BCUT2D eigenvalue weighted by atomic mass is 16.8. The van der Waals surface area contributed by atoms with Crippen molar-refractivity contribution in [3.05, 3.63) is 29.8 Å². The van der Waals surface area contributed by atoms with Gasteiger partial charge in [-0.25, -0.2) is 0 Å². The van der Waals surface area contributed by atoms with E-state index in [2.05, 4.69) is 15.6 Å². The van der Waals surface area contributed by atoms with Gasteiger partial charge in [-0.15, -0.1) is 0 Å². The number of benzene rings is 1. The van der Waals surface area contributed by atoms with Crippen LogP contribution >= 0.6 is 0 Å². The van der Waals surface area contributed by atoms with Crippen molar-refractivity contribution in [1.82, 2.24) is 10.6 Å². The Kier molecular flexibility index (Phi) is 7.11. The molecule has 33 heavy (non-hydrogen) atoms. The number of carbonyl (C=O) groups is 3. The van der Waals surface area contributed by atoms with Gasteiger partial charge in [0.25, 0.3) is 0 Å². The van der Waals surface area contributed by atoms with Gasteiger partial charge in [-0.1, -0.05) is 32.0 Å². The Morgan fingerprint density at radius 3 is 2.39 bits per heavy atom. The van der Waals surface area contributed by atoms with E-state index in [0.29, 0.717) is 24.0 Å². The molecule has 1 aromatic rings. The number of nitrogens with one attached hydrogen (secondary N) is 2. The molecule has 1 unspecified atom stereocenters. The molecule has 9 nitrogen and oxygen atoms in total. The minimum absolute atomic E-state index is 0.115. The van der Waals surface area contributed by atoms with Gasteiger partial charge < -0.3 is 24.1 Å². The molecule has 0 saturated carbocycles. The molecule has 0 spiro atoms. The average Bonchev–Trinajstić information content (AvgIpc) is 3.19. The Labute approximate surface area is 194 Å². The largest absolute Gasteiger partial charge is 0.716 e. The number of rotatable bonds is 9. The molecule has 178 valence electrons. The minimum Gasteiger partial charge on any atom is -0.483 e. The molecule has 0 radical (unpaired) electrons. The van der Waals surface area contributed by atoms with E-state index in [1.807, 2.05) is 47.6 Å². The van der Waals surface area contributed by atoms with Crippen molar-refractivity contribution in [3.63, 3.8) is 0 Å². The van der Waals surface area contributed by atoms with Crippen LogP contribution in [0.2, 0.25) is 0 Å². The Morgan fingerprint density at radius 2 is 1.79 bits per heavy atom. The third-order valence-corrected chi connectivity index (χ3v) is 6.26. The lowest BCUT2D eigenvalue weighted by Gasteiger charge is -2.31. The number of amides is 1. The van der Waals surface area contributed by atoms with Crippen molar-refractivity contribution in [1.29, 1.82) is 0 Å². The van der Waals surface area contributed by atoms with Crippen LogP contribution in [-0.2, 0) is 33.9 Å². The summed E-state index contributed by atoms with van der Waals surface area (Å²) >= 11 is 0. The van der Waals surface area contributed by atoms with E-state index in [-0.39, 0.29) is 12.5 Å². The van der Waals surface area contributed by atoms with Crippen molar-refractivity contribution in [2.24, 2.45) is 10.9 Å². The first-order valence-electron chi connectivity index (χ1n) is 11.1. The van der Waals surface area contributed by atoms with Gasteiger partial charge in [-0.2, -0.15) is 0 Å². The summed E-state index contributed by atoms with van der Waals surface area (Å²) in [7, 11) is -1.16. The van der Waals surface area contributed by atoms with Crippen LogP contribution < -0.4 is 10.6 Å². The summed E-state index contributed by atoms with van der Waals surface area (Å²) in [5.41, 5.74) is -1.15. The van der Waals surface area contributed by atoms with E-state index < -0.39 is 42.0 Å². The summed E-state index contributed by atoms with van der Waals surface area (Å²) in [6.07, 6.45) is 2.57. The fourth-order valence-corrected chi connectivity index (χ4v) is 3.62. The van der Waals surface area contributed by atoms with E-state index in [1.54, 1.807) is 18.2 Å². The zero-order valence-electron chi connectivity index (χ0n) is 20.0. The monoisotopic (exact) mass is 457 g/mol. The maximum absolute atomic E-state index is 12.8. The van der Waals surface area contributed by atoms with Crippen LogP contribution in [0.25, 0.3) is 0 Å². The second-order valence-corrected chi connectivity index (χ2v) is 9.85. The maximum Gasteiger partial charge on any atom is 0.716 e. The highest BCUT2D eigenvalue weighted by Crippen LogP contribution is 2.37. The van der Waals surface area contributed by atoms with E-state index in [9.17, 15) is 14.4 Å². The molecule has 10 heteroatoms. The Hall–Kier alpha value is -2.56. The summed E-state index contributed by atoms with van der Waals surface area (Å²) in [5.74, 6) is -0.983. The van der Waals surface area contributed by atoms with Crippen molar-refractivity contribution in [3.8, 4) is 0 Å². The number of hydrogen-bond donors (Lipinski definition) is 2. The van der Waals surface area contributed by atoms with Crippen molar-refractivity contribution >= 4 is 37.4 Å². The Balaban J connectivity index is 1.62. The zero-order chi connectivity index (χ0) is 24.4. The molecule has 3 rings (SSSR count). The first kappa shape index (κ1) is 25.1. The van der Waals surface area contributed by atoms with Crippen LogP contribution in [0.1, 0.15) is 53.5 Å². The predicted molar refractivity (Wildman–Crippen MR) is 124 cm³/mol. The second kappa shape index (κ2) is 9.36. The normalized spacial score (nSPS) is 23.3. The van der Waals surface area contributed by atoms with Crippen LogP contribution in [0.15, 0.2) is 29.3 Å². The zero-order valence-corrected chi connectivity index (χ0v) is 20.0. The standard InChI is InChI=1S/C23H32BN3O6/c1-15(2)11-18(20(30)31-24-32-21(3,4)22(5,6)33-24)27-19(29)12-26-23(14-28)13-25-17-10-8-7-9-16(17)23/h7-10,13-15,18,26H,11-12H2,1-6H3,(H,27,29)/t18-,23?/m1/s1. The Morgan fingerprint density at radius 1 is 1.15 bits per heavy atom. The number of fused-ring (bicyclic) bond motifs is 1. The number of para-hydroxylation sites is 1. The number of hydrogen-bond acceptors (Lipinski definition) is 8. The third-order valence-electron chi connectivity index (χ3n) is 6.26. The van der Waals surface area contributed by atoms with Gasteiger partial charge in [0.1, 0.15) is 17.9 Å². The van der Waals surface area contributed by atoms with Gasteiger partial charge in [0.05, 0.1) is 23.4 Å². The molecule has 1 saturated heterocycles. The molecule has 2 aliphatic heterocycles. The van der Waals surface area contributed by atoms with Crippen LogP contribution in [0.5, 0.6) is 0 Å². The summed E-state index contributed by atoms with van der Waals surface area (Å²) < 4.78 is 16.9.